The summed E-state index contributed by atoms with van der Waals surface area (Å²) in [5.41, 5.74) is 1.22. The first kappa shape index (κ1) is 26.2. The molecule has 0 N–H and O–H groups in total. The van der Waals surface area contributed by atoms with Crippen LogP contribution in [-0.4, -0.2) is 20.8 Å². The lowest BCUT2D eigenvalue weighted by Crippen LogP contribution is -2.20. The Morgan fingerprint density at radius 1 is 1.00 bits per heavy atom. The molecule has 202 valence electrons. The van der Waals surface area contributed by atoms with Crippen LogP contribution in [0.15, 0.2) is 105 Å². The molecule has 11 heteroatoms. The summed E-state index contributed by atoms with van der Waals surface area (Å²) in [7, 11) is 0. The van der Waals surface area contributed by atoms with E-state index in [2.05, 4.69) is 10.1 Å². The largest absolute Gasteiger partial charge is 0.481 e. The van der Waals surface area contributed by atoms with Gasteiger partial charge in [0, 0.05) is 32.6 Å². The third-order valence-corrected chi connectivity index (χ3v) is 6.91. The number of nitrogens with zero attached hydrogens (tertiary/aromatic N) is 4. The van der Waals surface area contributed by atoms with Gasteiger partial charge in [-0.05, 0) is 42.5 Å². The molecule has 0 fully saturated rings. The summed E-state index contributed by atoms with van der Waals surface area (Å²) in [4.78, 5) is 29.6. The topological polar surface area (TPSA) is 113 Å². The van der Waals surface area contributed by atoms with E-state index in [0.29, 0.717) is 37.9 Å². The lowest BCUT2D eigenvalue weighted by Gasteiger charge is -2.11. The van der Waals surface area contributed by atoms with E-state index in [-0.39, 0.29) is 29.4 Å². The first-order valence-electron chi connectivity index (χ1n) is 12.3. The number of furan rings is 1. The number of hydrogen-bond donors (Lipinski definition) is 0. The predicted octanol–water partition coefficient (Wildman–Crippen LogP) is 7.49. The Morgan fingerprint density at radius 2 is 1.80 bits per heavy atom. The average Bonchev–Trinajstić information content (AvgIpc) is 3.40. The molecule has 0 atom stereocenters. The summed E-state index contributed by atoms with van der Waals surface area (Å²) in [6.07, 6.45) is 1.32. The molecule has 0 radical (unpaired) electrons. The zero-order chi connectivity index (χ0) is 28.5. The first-order chi connectivity index (χ1) is 19.9. The number of hydrogen-bond acceptors (Lipinski definition) is 7. The molecular formula is C30H18Cl2N4O5. The van der Waals surface area contributed by atoms with Crippen molar-refractivity contribution in [2.75, 3.05) is 0 Å². The quantitative estimate of drug-likeness (QED) is 0.109. The molecule has 0 saturated heterocycles. The molecule has 0 spiro atoms. The second-order valence-electron chi connectivity index (χ2n) is 8.94. The Morgan fingerprint density at radius 3 is 2.61 bits per heavy atom. The van der Waals surface area contributed by atoms with Crippen LogP contribution in [0.2, 0.25) is 10.0 Å². The summed E-state index contributed by atoms with van der Waals surface area (Å²) >= 11 is 12.3. The smallest absolute Gasteiger partial charge is 0.311 e. The highest BCUT2D eigenvalue weighted by Gasteiger charge is 2.20. The highest BCUT2D eigenvalue weighted by molar-refractivity contribution is 6.35. The Kier molecular flexibility index (Phi) is 6.96. The van der Waals surface area contributed by atoms with Crippen LogP contribution in [-0.2, 0) is 6.61 Å². The third-order valence-electron chi connectivity index (χ3n) is 6.32. The fourth-order valence-electron chi connectivity index (χ4n) is 4.34. The second-order valence-corrected chi connectivity index (χ2v) is 9.78. The van der Waals surface area contributed by atoms with E-state index in [0.717, 1.165) is 10.1 Å². The molecular weight excluding hydrogens is 567 g/mol. The lowest BCUT2D eigenvalue weighted by molar-refractivity contribution is -0.385. The van der Waals surface area contributed by atoms with E-state index in [1.165, 1.54) is 18.3 Å². The summed E-state index contributed by atoms with van der Waals surface area (Å²) in [5, 5.41) is 18.3. The van der Waals surface area contributed by atoms with Gasteiger partial charge in [-0.3, -0.25) is 14.9 Å². The number of rotatable bonds is 7. The van der Waals surface area contributed by atoms with Crippen LogP contribution in [0.1, 0.15) is 11.1 Å². The number of aromatic nitrogens is 2. The van der Waals surface area contributed by atoms with Gasteiger partial charge in [-0.2, -0.15) is 9.78 Å². The van der Waals surface area contributed by atoms with Crippen molar-refractivity contribution in [3.8, 4) is 17.3 Å². The van der Waals surface area contributed by atoms with Crippen molar-refractivity contribution in [2.24, 2.45) is 5.10 Å². The van der Waals surface area contributed by atoms with Gasteiger partial charge in [0.25, 0.3) is 5.56 Å². The van der Waals surface area contributed by atoms with Gasteiger partial charge in [-0.15, -0.1) is 0 Å². The number of para-hydroxylation sites is 3. The molecule has 2 heterocycles. The zero-order valence-electron chi connectivity index (χ0n) is 21.0. The maximum atomic E-state index is 13.6. The van der Waals surface area contributed by atoms with Crippen LogP contribution in [0.25, 0.3) is 33.5 Å². The maximum absolute atomic E-state index is 13.6. The second kappa shape index (κ2) is 10.9. The number of nitro groups is 1. The molecule has 4 aromatic carbocycles. The van der Waals surface area contributed by atoms with E-state index < -0.39 is 10.5 Å². The maximum Gasteiger partial charge on any atom is 0.311 e. The monoisotopic (exact) mass is 584 g/mol. The SMILES string of the molecule is O=c1c2ccccc2nc(-c2cc3ccccc3o2)n1N=Cc1cccc([N+](=O)[O-])c1OCc1ccc(Cl)cc1Cl. The minimum absolute atomic E-state index is 0.0423. The fourth-order valence-corrected chi connectivity index (χ4v) is 4.80. The van der Waals surface area contributed by atoms with Crippen LogP contribution >= 0.6 is 23.2 Å². The summed E-state index contributed by atoms with van der Waals surface area (Å²) in [6, 6.07) is 25.4. The van der Waals surface area contributed by atoms with Crippen molar-refractivity contribution >= 4 is 57.0 Å². The third kappa shape index (κ3) is 5.16. The molecule has 0 aliphatic rings. The molecule has 9 nitrogen and oxygen atoms in total. The first-order valence-corrected chi connectivity index (χ1v) is 13.0. The van der Waals surface area contributed by atoms with Gasteiger partial charge in [0.05, 0.1) is 22.0 Å². The van der Waals surface area contributed by atoms with Gasteiger partial charge in [0.1, 0.15) is 12.2 Å². The van der Waals surface area contributed by atoms with Crippen LogP contribution in [0.5, 0.6) is 5.75 Å². The Balaban J connectivity index is 1.47. The summed E-state index contributed by atoms with van der Waals surface area (Å²) < 4.78 is 13.0. The van der Waals surface area contributed by atoms with Crippen molar-refractivity contribution in [1.29, 1.82) is 0 Å². The number of ether oxygens (including phenoxy) is 1. The fraction of sp³-hybridized carbons (Fsp3) is 0.0333. The van der Waals surface area contributed by atoms with Crippen LogP contribution in [0.4, 0.5) is 5.69 Å². The van der Waals surface area contributed by atoms with E-state index in [9.17, 15) is 14.9 Å². The molecule has 0 amide bonds. The van der Waals surface area contributed by atoms with Crippen molar-refractivity contribution < 1.29 is 14.1 Å². The molecule has 0 unspecified atom stereocenters. The zero-order valence-corrected chi connectivity index (χ0v) is 22.5. The molecule has 41 heavy (non-hydrogen) atoms. The van der Waals surface area contributed by atoms with Crippen molar-refractivity contribution in [3.05, 3.63) is 133 Å². The highest BCUT2D eigenvalue weighted by atomic mass is 35.5. The molecule has 2 aromatic heterocycles. The van der Waals surface area contributed by atoms with Gasteiger partial charge in [0.15, 0.2) is 5.76 Å². The van der Waals surface area contributed by atoms with E-state index in [1.807, 2.05) is 24.3 Å². The molecule has 0 aliphatic heterocycles. The molecule has 0 aliphatic carbocycles. The summed E-state index contributed by atoms with van der Waals surface area (Å²) in [6.45, 7) is -0.0661. The average molecular weight is 585 g/mol. The number of nitro benzene ring substituents is 1. The summed E-state index contributed by atoms with van der Waals surface area (Å²) in [5.74, 6) is 0.459. The van der Waals surface area contributed by atoms with Gasteiger partial charge in [-0.1, -0.05) is 65.7 Å². The standard InChI is InChI=1S/C30H18Cl2N4O5/c31-21-13-12-20(23(32)15-21)17-40-28-19(7-5-10-25(28)36(38)39)16-33-35-29(27-14-18-6-1-4-11-26(18)41-27)34-24-9-3-2-8-22(24)30(35)37/h1-16H,17H2. The Hall–Kier alpha value is -4.99. The van der Waals surface area contributed by atoms with Gasteiger partial charge in [-0.25, -0.2) is 4.98 Å². The van der Waals surface area contributed by atoms with Gasteiger partial charge in [0.2, 0.25) is 11.6 Å². The van der Waals surface area contributed by atoms with Gasteiger partial charge < -0.3 is 9.15 Å². The highest BCUT2D eigenvalue weighted by Crippen LogP contribution is 2.32. The number of benzene rings is 4. The van der Waals surface area contributed by atoms with Crippen LogP contribution in [0, 0.1) is 10.1 Å². The van der Waals surface area contributed by atoms with Crippen molar-refractivity contribution in [1.82, 2.24) is 9.66 Å². The van der Waals surface area contributed by atoms with Crippen LogP contribution in [0.3, 0.4) is 0 Å². The molecule has 0 bridgehead atoms. The van der Waals surface area contributed by atoms with Crippen molar-refractivity contribution in [2.45, 2.75) is 6.61 Å². The minimum atomic E-state index is -0.556. The van der Waals surface area contributed by atoms with E-state index in [1.54, 1.807) is 54.6 Å². The minimum Gasteiger partial charge on any atom is -0.481 e. The predicted molar refractivity (Wildman–Crippen MR) is 158 cm³/mol. The molecule has 6 rings (SSSR count). The lowest BCUT2D eigenvalue weighted by atomic mass is 10.2. The Labute approximate surface area is 242 Å². The van der Waals surface area contributed by atoms with Gasteiger partial charge >= 0.3 is 5.69 Å². The van der Waals surface area contributed by atoms with E-state index >= 15 is 0 Å². The number of fused-ring (bicyclic) bond motifs is 2. The van der Waals surface area contributed by atoms with E-state index in [4.69, 9.17) is 32.4 Å². The Bertz CT molecular complexity index is 2020. The normalized spacial score (nSPS) is 11.5. The van der Waals surface area contributed by atoms with Crippen molar-refractivity contribution in [3.63, 3.8) is 0 Å². The number of halogens is 2. The molecule has 6 aromatic rings. The van der Waals surface area contributed by atoms with Crippen LogP contribution < -0.4 is 10.3 Å². The molecule has 0 saturated carbocycles.